The van der Waals surface area contributed by atoms with E-state index in [1.807, 2.05) is 0 Å². The number of ether oxygens (including phenoxy) is 1. The van der Waals surface area contributed by atoms with Crippen molar-refractivity contribution in [3.63, 3.8) is 0 Å². The SMILES string of the molecule is CC1(C2CC2C(=O)O)CCOCC1. The molecule has 3 heteroatoms. The van der Waals surface area contributed by atoms with E-state index in [4.69, 9.17) is 9.84 Å². The standard InChI is InChI=1S/C10H16O3/c1-10(2-4-13-5-3-10)8-6-7(8)9(11)12/h7-8H,2-6H2,1H3,(H,11,12). The third kappa shape index (κ3) is 1.57. The monoisotopic (exact) mass is 184 g/mol. The summed E-state index contributed by atoms with van der Waals surface area (Å²) in [6.45, 7) is 3.82. The van der Waals surface area contributed by atoms with Crippen LogP contribution < -0.4 is 0 Å². The van der Waals surface area contributed by atoms with Crippen LogP contribution in [0.1, 0.15) is 26.2 Å². The van der Waals surface area contributed by atoms with Crippen molar-refractivity contribution in [1.29, 1.82) is 0 Å². The van der Waals surface area contributed by atoms with Crippen molar-refractivity contribution < 1.29 is 14.6 Å². The molecule has 0 aromatic heterocycles. The molecule has 1 aliphatic carbocycles. The molecule has 2 atom stereocenters. The minimum Gasteiger partial charge on any atom is -0.481 e. The molecule has 1 saturated carbocycles. The first kappa shape index (κ1) is 9.00. The molecule has 2 aliphatic rings. The van der Waals surface area contributed by atoms with Gasteiger partial charge in [-0.2, -0.15) is 0 Å². The first-order valence-corrected chi connectivity index (χ1v) is 4.94. The number of hydrogen-bond donors (Lipinski definition) is 1. The molecule has 1 aliphatic heterocycles. The second-order valence-electron chi connectivity index (χ2n) is 4.55. The first-order chi connectivity index (χ1) is 6.13. The molecule has 0 amide bonds. The average molecular weight is 184 g/mol. The third-order valence-electron chi connectivity index (χ3n) is 3.64. The normalized spacial score (nSPS) is 37.0. The molecular formula is C10H16O3. The van der Waals surface area contributed by atoms with E-state index in [9.17, 15) is 4.79 Å². The van der Waals surface area contributed by atoms with E-state index in [0.29, 0.717) is 5.92 Å². The summed E-state index contributed by atoms with van der Waals surface area (Å²) in [5.41, 5.74) is 0.237. The highest BCUT2D eigenvalue weighted by Gasteiger charge is 2.53. The fourth-order valence-electron chi connectivity index (χ4n) is 2.45. The van der Waals surface area contributed by atoms with Crippen LogP contribution in [0.3, 0.4) is 0 Å². The molecule has 74 valence electrons. The Labute approximate surface area is 78.1 Å². The van der Waals surface area contributed by atoms with Crippen molar-refractivity contribution in [3.05, 3.63) is 0 Å². The van der Waals surface area contributed by atoms with Gasteiger partial charge in [0, 0.05) is 13.2 Å². The van der Waals surface area contributed by atoms with Crippen molar-refractivity contribution >= 4 is 5.97 Å². The highest BCUT2D eigenvalue weighted by atomic mass is 16.5. The number of carboxylic acid groups (broad SMARTS) is 1. The molecule has 2 fully saturated rings. The van der Waals surface area contributed by atoms with Gasteiger partial charge >= 0.3 is 5.97 Å². The first-order valence-electron chi connectivity index (χ1n) is 4.94. The van der Waals surface area contributed by atoms with E-state index >= 15 is 0 Å². The summed E-state index contributed by atoms with van der Waals surface area (Å²) in [6.07, 6.45) is 2.94. The van der Waals surface area contributed by atoms with Gasteiger partial charge < -0.3 is 9.84 Å². The lowest BCUT2D eigenvalue weighted by atomic mass is 9.77. The second-order valence-corrected chi connectivity index (χ2v) is 4.55. The summed E-state index contributed by atoms with van der Waals surface area (Å²) >= 11 is 0. The Morgan fingerprint density at radius 3 is 2.54 bits per heavy atom. The van der Waals surface area contributed by atoms with E-state index in [2.05, 4.69) is 6.92 Å². The highest BCUT2D eigenvalue weighted by Crippen LogP contribution is 2.55. The van der Waals surface area contributed by atoms with Gasteiger partial charge in [-0.15, -0.1) is 0 Å². The van der Waals surface area contributed by atoms with E-state index < -0.39 is 5.97 Å². The van der Waals surface area contributed by atoms with Crippen LogP contribution >= 0.6 is 0 Å². The average Bonchev–Trinajstić information content (AvgIpc) is 2.84. The number of aliphatic carboxylic acids is 1. The fourth-order valence-corrected chi connectivity index (χ4v) is 2.45. The molecule has 1 saturated heterocycles. The Morgan fingerprint density at radius 2 is 2.08 bits per heavy atom. The molecule has 3 nitrogen and oxygen atoms in total. The lowest BCUT2D eigenvalue weighted by molar-refractivity contribution is -0.139. The molecule has 0 aromatic carbocycles. The molecule has 1 heterocycles. The molecule has 2 rings (SSSR count). The molecule has 1 N–H and O–H groups in total. The van der Waals surface area contributed by atoms with Crippen molar-refractivity contribution in [2.75, 3.05) is 13.2 Å². The van der Waals surface area contributed by atoms with Crippen LogP contribution in [0.4, 0.5) is 0 Å². The largest absolute Gasteiger partial charge is 0.481 e. The van der Waals surface area contributed by atoms with Crippen LogP contribution in [0.25, 0.3) is 0 Å². The summed E-state index contributed by atoms with van der Waals surface area (Å²) in [6, 6.07) is 0. The topological polar surface area (TPSA) is 46.5 Å². The number of carboxylic acids is 1. The van der Waals surface area contributed by atoms with Crippen molar-refractivity contribution in [1.82, 2.24) is 0 Å². The Morgan fingerprint density at radius 1 is 1.46 bits per heavy atom. The van der Waals surface area contributed by atoms with E-state index in [-0.39, 0.29) is 11.3 Å². The van der Waals surface area contributed by atoms with Crippen LogP contribution in [-0.4, -0.2) is 24.3 Å². The van der Waals surface area contributed by atoms with Gasteiger partial charge in [-0.3, -0.25) is 4.79 Å². The number of rotatable bonds is 2. The Bertz CT molecular complexity index is 218. The summed E-state index contributed by atoms with van der Waals surface area (Å²) in [4.78, 5) is 10.7. The van der Waals surface area contributed by atoms with Crippen LogP contribution in [-0.2, 0) is 9.53 Å². The molecule has 13 heavy (non-hydrogen) atoms. The van der Waals surface area contributed by atoms with Gasteiger partial charge in [-0.25, -0.2) is 0 Å². The lowest BCUT2D eigenvalue weighted by Crippen LogP contribution is -2.29. The zero-order chi connectivity index (χ0) is 9.47. The third-order valence-corrected chi connectivity index (χ3v) is 3.64. The van der Waals surface area contributed by atoms with Gasteiger partial charge in [0.25, 0.3) is 0 Å². The maximum Gasteiger partial charge on any atom is 0.306 e. The van der Waals surface area contributed by atoms with E-state index in [0.717, 1.165) is 32.5 Å². The summed E-state index contributed by atoms with van der Waals surface area (Å²) in [5, 5.41) is 8.84. The van der Waals surface area contributed by atoms with Crippen molar-refractivity contribution in [2.45, 2.75) is 26.2 Å². The van der Waals surface area contributed by atoms with Gasteiger partial charge in [-0.1, -0.05) is 6.92 Å². The van der Waals surface area contributed by atoms with Gasteiger partial charge in [0.2, 0.25) is 0 Å². The predicted octanol–water partition coefficient (Wildman–Crippen LogP) is 1.52. The zero-order valence-corrected chi connectivity index (χ0v) is 7.95. The van der Waals surface area contributed by atoms with E-state index in [1.54, 1.807) is 0 Å². The minimum atomic E-state index is -0.613. The van der Waals surface area contributed by atoms with Gasteiger partial charge in [0.15, 0.2) is 0 Å². The van der Waals surface area contributed by atoms with Gasteiger partial charge in [0.05, 0.1) is 5.92 Å². The van der Waals surface area contributed by atoms with Crippen LogP contribution in [0, 0.1) is 17.3 Å². The predicted molar refractivity (Wildman–Crippen MR) is 47.4 cm³/mol. The zero-order valence-electron chi connectivity index (χ0n) is 7.95. The smallest absolute Gasteiger partial charge is 0.306 e. The summed E-state index contributed by atoms with van der Waals surface area (Å²) in [5.74, 6) is -0.269. The molecule has 0 spiro atoms. The van der Waals surface area contributed by atoms with Crippen LogP contribution in [0.2, 0.25) is 0 Å². The molecule has 0 radical (unpaired) electrons. The van der Waals surface area contributed by atoms with Crippen molar-refractivity contribution in [3.8, 4) is 0 Å². The maximum atomic E-state index is 10.7. The summed E-state index contributed by atoms with van der Waals surface area (Å²) < 4.78 is 5.29. The van der Waals surface area contributed by atoms with Crippen molar-refractivity contribution in [2.24, 2.45) is 17.3 Å². The maximum absolute atomic E-state index is 10.7. The number of carbonyl (C=O) groups is 1. The Kier molecular flexibility index (Phi) is 2.06. The Balaban J connectivity index is 1.97. The minimum absolute atomic E-state index is 0.0666. The van der Waals surface area contributed by atoms with Gasteiger partial charge in [0.1, 0.15) is 0 Å². The quantitative estimate of drug-likeness (QED) is 0.707. The second kappa shape index (κ2) is 2.98. The van der Waals surface area contributed by atoms with Gasteiger partial charge in [-0.05, 0) is 30.6 Å². The molecule has 2 unspecified atom stereocenters. The molecule has 0 bridgehead atoms. The number of hydrogen-bond acceptors (Lipinski definition) is 2. The molecule has 0 aromatic rings. The highest BCUT2D eigenvalue weighted by molar-refractivity contribution is 5.73. The van der Waals surface area contributed by atoms with Crippen LogP contribution in [0.5, 0.6) is 0 Å². The lowest BCUT2D eigenvalue weighted by Gasteiger charge is -2.33. The fraction of sp³-hybridized carbons (Fsp3) is 0.900. The summed E-state index contributed by atoms with van der Waals surface area (Å²) in [7, 11) is 0. The molecular weight excluding hydrogens is 168 g/mol. The Hall–Kier alpha value is -0.570. The van der Waals surface area contributed by atoms with Crippen LogP contribution in [0.15, 0.2) is 0 Å². The van der Waals surface area contributed by atoms with E-state index in [1.165, 1.54) is 0 Å².